The highest BCUT2D eigenvalue weighted by atomic mass is 16.5. The van der Waals surface area contributed by atoms with Gasteiger partial charge in [0.2, 0.25) is 5.91 Å². The van der Waals surface area contributed by atoms with Gasteiger partial charge in [-0.05, 0) is 50.8 Å². The highest BCUT2D eigenvalue weighted by molar-refractivity contribution is 5.80. The zero-order valence-electron chi connectivity index (χ0n) is 15.4. The number of hydrogen-bond acceptors (Lipinski definition) is 4. The summed E-state index contributed by atoms with van der Waals surface area (Å²) >= 11 is 0. The van der Waals surface area contributed by atoms with E-state index in [4.69, 9.17) is 9.47 Å². The second kappa shape index (κ2) is 8.68. The van der Waals surface area contributed by atoms with Gasteiger partial charge in [0, 0.05) is 38.9 Å². The minimum Gasteiger partial charge on any atom is -0.491 e. The highest BCUT2D eigenvalue weighted by Crippen LogP contribution is 2.24. The number of benzene rings is 1. The predicted molar refractivity (Wildman–Crippen MR) is 97.8 cm³/mol. The zero-order valence-corrected chi connectivity index (χ0v) is 15.4. The maximum Gasteiger partial charge on any atom is 0.225 e. The Labute approximate surface area is 150 Å². The van der Waals surface area contributed by atoms with E-state index in [2.05, 4.69) is 22.3 Å². The van der Waals surface area contributed by atoms with Crippen molar-refractivity contribution in [2.24, 2.45) is 5.92 Å². The summed E-state index contributed by atoms with van der Waals surface area (Å²) in [4.78, 5) is 14.7. The van der Waals surface area contributed by atoms with E-state index in [1.165, 1.54) is 5.56 Å². The smallest absolute Gasteiger partial charge is 0.225 e. The third-order valence-electron chi connectivity index (χ3n) is 5.00. The Morgan fingerprint density at radius 3 is 2.56 bits per heavy atom. The number of carbonyl (C=O) groups is 1. The lowest BCUT2D eigenvalue weighted by molar-refractivity contribution is -0.132. The van der Waals surface area contributed by atoms with Crippen LogP contribution in [0, 0.1) is 5.92 Å². The minimum atomic E-state index is 0.157. The molecule has 0 aliphatic carbocycles. The summed E-state index contributed by atoms with van der Waals surface area (Å²) in [7, 11) is 0. The molecule has 0 bridgehead atoms. The Morgan fingerprint density at radius 1 is 1.24 bits per heavy atom. The lowest BCUT2D eigenvalue weighted by atomic mass is 9.94. The van der Waals surface area contributed by atoms with Gasteiger partial charge in [-0.25, -0.2) is 0 Å². The van der Waals surface area contributed by atoms with E-state index in [1.807, 2.05) is 26.0 Å². The van der Waals surface area contributed by atoms with E-state index in [-0.39, 0.29) is 17.9 Å². The first-order valence-corrected chi connectivity index (χ1v) is 9.47. The number of ether oxygens (including phenoxy) is 2. The monoisotopic (exact) mass is 346 g/mol. The molecule has 1 aromatic carbocycles. The number of nitrogens with one attached hydrogen (secondary N) is 1. The summed E-state index contributed by atoms with van der Waals surface area (Å²) < 4.78 is 11.0. The Bertz CT molecular complexity index is 547. The van der Waals surface area contributed by atoms with Gasteiger partial charge in [0.1, 0.15) is 5.75 Å². The number of likely N-dealkylation sites (tertiary alicyclic amines) is 1. The molecular formula is C20H30N2O3. The van der Waals surface area contributed by atoms with Crippen LogP contribution in [0.15, 0.2) is 24.3 Å². The van der Waals surface area contributed by atoms with Crippen molar-refractivity contribution in [3.05, 3.63) is 29.8 Å². The largest absolute Gasteiger partial charge is 0.491 e. The van der Waals surface area contributed by atoms with Crippen molar-refractivity contribution in [1.29, 1.82) is 0 Å². The molecule has 25 heavy (non-hydrogen) atoms. The molecule has 138 valence electrons. The second-order valence-corrected chi connectivity index (χ2v) is 7.35. The molecule has 0 saturated carbocycles. The lowest BCUT2D eigenvalue weighted by Crippen LogP contribution is -2.58. The third kappa shape index (κ3) is 5.19. The molecule has 2 aliphatic rings. The van der Waals surface area contributed by atoms with Gasteiger partial charge in [0.05, 0.1) is 12.0 Å². The van der Waals surface area contributed by atoms with E-state index in [1.54, 1.807) is 0 Å². The molecule has 0 unspecified atom stereocenters. The molecule has 2 heterocycles. The quantitative estimate of drug-likeness (QED) is 0.823. The number of hydrogen-bond donors (Lipinski definition) is 1. The number of amides is 1. The van der Waals surface area contributed by atoms with Crippen LogP contribution >= 0.6 is 0 Å². The van der Waals surface area contributed by atoms with E-state index < -0.39 is 0 Å². The van der Waals surface area contributed by atoms with E-state index in [0.29, 0.717) is 12.6 Å². The molecule has 0 radical (unpaired) electrons. The van der Waals surface area contributed by atoms with Gasteiger partial charge in [-0.15, -0.1) is 0 Å². The SMILES string of the molecule is CC(C)Oc1ccc(CCNC(=O)C2CN(C3CCOCC3)C2)cc1. The fraction of sp³-hybridized carbons (Fsp3) is 0.650. The fourth-order valence-electron chi connectivity index (χ4n) is 3.51. The maximum absolute atomic E-state index is 12.2. The molecule has 1 amide bonds. The molecule has 5 nitrogen and oxygen atoms in total. The van der Waals surface area contributed by atoms with Crippen molar-refractivity contribution in [1.82, 2.24) is 10.2 Å². The maximum atomic E-state index is 12.2. The molecule has 0 atom stereocenters. The molecule has 0 aromatic heterocycles. The summed E-state index contributed by atoms with van der Waals surface area (Å²) in [5, 5.41) is 3.08. The van der Waals surface area contributed by atoms with E-state index in [9.17, 15) is 4.79 Å². The van der Waals surface area contributed by atoms with E-state index >= 15 is 0 Å². The van der Waals surface area contributed by atoms with Crippen molar-refractivity contribution in [3.8, 4) is 5.75 Å². The summed E-state index contributed by atoms with van der Waals surface area (Å²) in [5.41, 5.74) is 1.22. The first-order chi connectivity index (χ1) is 12.1. The Balaban J connectivity index is 1.33. The Kier molecular flexibility index (Phi) is 6.32. The van der Waals surface area contributed by atoms with E-state index in [0.717, 1.165) is 51.3 Å². The third-order valence-corrected chi connectivity index (χ3v) is 5.00. The normalized spacial score (nSPS) is 19.6. The summed E-state index contributed by atoms with van der Waals surface area (Å²) in [6.45, 7) is 8.25. The average Bonchev–Trinajstić information content (AvgIpc) is 2.56. The van der Waals surface area contributed by atoms with Crippen LogP contribution in [0.5, 0.6) is 5.75 Å². The summed E-state index contributed by atoms with van der Waals surface area (Å²) in [6.07, 6.45) is 3.24. The van der Waals surface area contributed by atoms with Crippen LogP contribution in [-0.2, 0) is 16.0 Å². The molecule has 2 aliphatic heterocycles. The highest BCUT2D eigenvalue weighted by Gasteiger charge is 2.36. The van der Waals surface area contributed by atoms with Gasteiger partial charge in [-0.3, -0.25) is 9.69 Å². The molecule has 2 saturated heterocycles. The molecule has 3 rings (SSSR count). The standard InChI is InChI=1S/C20H30N2O3/c1-15(2)25-19-5-3-16(4-6-19)7-10-21-20(23)17-13-22(14-17)18-8-11-24-12-9-18/h3-6,15,17-18H,7-14H2,1-2H3,(H,21,23). The van der Waals surface area contributed by atoms with Gasteiger partial charge < -0.3 is 14.8 Å². The molecule has 5 heteroatoms. The van der Waals surface area contributed by atoms with Crippen molar-refractivity contribution in [3.63, 3.8) is 0 Å². The first kappa shape index (κ1) is 18.2. The van der Waals surface area contributed by atoms with Crippen LogP contribution in [0.2, 0.25) is 0 Å². The first-order valence-electron chi connectivity index (χ1n) is 9.47. The number of nitrogens with zero attached hydrogens (tertiary/aromatic N) is 1. The van der Waals surface area contributed by atoms with Crippen molar-refractivity contribution in [2.75, 3.05) is 32.8 Å². The predicted octanol–water partition coefficient (Wildman–Crippen LogP) is 2.24. The van der Waals surface area contributed by atoms with Crippen LogP contribution in [0.4, 0.5) is 0 Å². The van der Waals surface area contributed by atoms with Crippen molar-refractivity contribution >= 4 is 5.91 Å². The Hall–Kier alpha value is -1.59. The van der Waals surface area contributed by atoms with Crippen molar-refractivity contribution < 1.29 is 14.3 Å². The minimum absolute atomic E-state index is 0.157. The molecular weight excluding hydrogens is 316 g/mol. The van der Waals surface area contributed by atoms with Crippen LogP contribution in [0.25, 0.3) is 0 Å². The zero-order chi connectivity index (χ0) is 17.6. The average molecular weight is 346 g/mol. The van der Waals surface area contributed by atoms with Crippen LogP contribution < -0.4 is 10.1 Å². The van der Waals surface area contributed by atoms with Crippen molar-refractivity contribution in [2.45, 2.75) is 45.3 Å². The summed E-state index contributed by atoms with van der Waals surface area (Å²) in [5.74, 6) is 1.25. The summed E-state index contributed by atoms with van der Waals surface area (Å²) in [6, 6.07) is 8.74. The topological polar surface area (TPSA) is 50.8 Å². The second-order valence-electron chi connectivity index (χ2n) is 7.35. The van der Waals surface area contributed by atoms with Crippen LogP contribution in [0.3, 0.4) is 0 Å². The number of carbonyl (C=O) groups excluding carboxylic acids is 1. The van der Waals surface area contributed by atoms with Crippen LogP contribution in [0.1, 0.15) is 32.3 Å². The van der Waals surface area contributed by atoms with Gasteiger partial charge in [-0.1, -0.05) is 12.1 Å². The fourth-order valence-corrected chi connectivity index (χ4v) is 3.51. The number of rotatable bonds is 7. The van der Waals surface area contributed by atoms with Gasteiger partial charge in [0.15, 0.2) is 0 Å². The van der Waals surface area contributed by atoms with Crippen LogP contribution in [-0.4, -0.2) is 55.8 Å². The molecule has 1 N–H and O–H groups in total. The Morgan fingerprint density at radius 2 is 1.92 bits per heavy atom. The molecule has 2 fully saturated rings. The lowest BCUT2D eigenvalue weighted by Gasteiger charge is -2.44. The molecule has 0 spiro atoms. The van der Waals surface area contributed by atoms with Gasteiger partial charge >= 0.3 is 0 Å². The van der Waals surface area contributed by atoms with Gasteiger partial charge in [0.25, 0.3) is 0 Å². The van der Waals surface area contributed by atoms with Gasteiger partial charge in [-0.2, -0.15) is 0 Å². The molecule has 1 aromatic rings.